The van der Waals surface area contributed by atoms with Crippen LogP contribution in [0.15, 0.2) is 42.7 Å². The van der Waals surface area contributed by atoms with Gasteiger partial charge in [0.05, 0.1) is 18.8 Å². The first-order valence-electron chi connectivity index (χ1n) is 7.35. The Morgan fingerprint density at radius 2 is 2.09 bits per heavy atom. The van der Waals surface area contributed by atoms with Crippen molar-refractivity contribution in [3.05, 3.63) is 48.3 Å². The highest BCUT2D eigenvalue weighted by atomic mass is 16.5. The predicted molar refractivity (Wildman–Crippen MR) is 85.0 cm³/mol. The molecule has 2 aromatic rings. The van der Waals surface area contributed by atoms with Crippen LogP contribution >= 0.6 is 0 Å². The lowest BCUT2D eigenvalue weighted by Gasteiger charge is -2.07. The minimum absolute atomic E-state index is 0.00395. The van der Waals surface area contributed by atoms with Crippen molar-refractivity contribution >= 4 is 5.91 Å². The number of hydrogen-bond donors (Lipinski definition) is 2. The van der Waals surface area contributed by atoms with Crippen LogP contribution in [-0.4, -0.2) is 49.0 Å². The maximum absolute atomic E-state index is 11.6. The van der Waals surface area contributed by atoms with Crippen LogP contribution < -0.4 is 10.6 Å². The maximum Gasteiger partial charge on any atom is 0.233 e. The van der Waals surface area contributed by atoms with Crippen LogP contribution in [0.3, 0.4) is 0 Å². The van der Waals surface area contributed by atoms with Crippen LogP contribution in [0.4, 0.5) is 0 Å². The molecule has 2 rings (SSSR count). The van der Waals surface area contributed by atoms with E-state index in [1.807, 2.05) is 29.1 Å². The lowest BCUT2D eigenvalue weighted by Crippen LogP contribution is -2.36. The van der Waals surface area contributed by atoms with Crippen LogP contribution in [0.2, 0.25) is 0 Å². The van der Waals surface area contributed by atoms with Gasteiger partial charge in [0.2, 0.25) is 5.91 Å². The number of methoxy groups -OCH3 is 1. The van der Waals surface area contributed by atoms with Crippen molar-refractivity contribution in [3.63, 3.8) is 0 Å². The van der Waals surface area contributed by atoms with E-state index in [1.54, 1.807) is 13.3 Å². The molecule has 0 aliphatic carbocycles. The molecule has 1 heterocycles. The first kappa shape index (κ1) is 16.2. The normalized spacial score (nSPS) is 10.6. The third-order valence-corrected chi connectivity index (χ3v) is 3.21. The average Bonchev–Trinajstić information content (AvgIpc) is 3.07. The van der Waals surface area contributed by atoms with Gasteiger partial charge in [0, 0.05) is 32.6 Å². The first-order chi connectivity index (χ1) is 10.8. The number of nitrogens with zero attached hydrogens (tertiary/aromatic N) is 2. The smallest absolute Gasteiger partial charge is 0.233 e. The third-order valence-electron chi connectivity index (χ3n) is 3.21. The Bertz CT molecular complexity index is 552. The highest BCUT2D eigenvalue weighted by Gasteiger charge is 2.01. The van der Waals surface area contributed by atoms with Gasteiger partial charge in [0.1, 0.15) is 0 Å². The van der Waals surface area contributed by atoms with Gasteiger partial charge in [-0.25, -0.2) is 4.68 Å². The molecule has 118 valence electrons. The van der Waals surface area contributed by atoms with Crippen LogP contribution in [0.5, 0.6) is 0 Å². The number of aromatic nitrogens is 2. The Morgan fingerprint density at radius 1 is 1.27 bits per heavy atom. The summed E-state index contributed by atoms with van der Waals surface area (Å²) in [4.78, 5) is 11.6. The summed E-state index contributed by atoms with van der Waals surface area (Å²) in [5, 5.41) is 10.1. The predicted octanol–water partition coefficient (Wildman–Crippen LogP) is 0.767. The zero-order valence-electron chi connectivity index (χ0n) is 12.8. The lowest BCUT2D eigenvalue weighted by atomic mass is 10.1. The number of carbonyl (C=O) groups excluding carboxylic acids is 1. The summed E-state index contributed by atoms with van der Waals surface area (Å²) in [5.41, 5.74) is 2.21. The second-order valence-electron chi connectivity index (χ2n) is 4.89. The third kappa shape index (κ3) is 5.31. The van der Waals surface area contributed by atoms with Crippen molar-refractivity contribution in [2.24, 2.45) is 0 Å². The van der Waals surface area contributed by atoms with Crippen molar-refractivity contribution in [3.8, 4) is 5.69 Å². The first-order valence-corrected chi connectivity index (χ1v) is 7.35. The Balaban J connectivity index is 1.68. The minimum Gasteiger partial charge on any atom is -0.383 e. The van der Waals surface area contributed by atoms with Crippen molar-refractivity contribution in [1.29, 1.82) is 0 Å². The molecule has 0 aliphatic heterocycles. The molecular weight excluding hydrogens is 280 g/mol. The van der Waals surface area contributed by atoms with Gasteiger partial charge >= 0.3 is 0 Å². The zero-order chi connectivity index (χ0) is 15.6. The van der Waals surface area contributed by atoms with E-state index in [1.165, 1.54) is 5.56 Å². The van der Waals surface area contributed by atoms with Gasteiger partial charge in [-0.1, -0.05) is 12.1 Å². The van der Waals surface area contributed by atoms with E-state index in [4.69, 9.17) is 4.74 Å². The fourth-order valence-corrected chi connectivity index (χ4v) is 2.02. The van der Waals surface area contributed by atoms with Gasteiger partial charge in [-0.05, 0) is 30.2 Å². The molecule has 0 unspecified atom stereocenters. The molecule has 6 nitrogen and oxygen atoms in total. The molecule has 0 fully saturated rings. The summed E-state index contributed by atoms with van der Waals surface area (Å²) < 4.78 is 6.72. The molecule has 0 spiro atoms. The van der Waals surface area contributed by atoms with E-state index < -0.39 is 0 Å². The van der Waals surface area contributed by atoms with Crippen LogP contribution in [-0.2, 0) is 16.0 Å². The molecule has 0 bridgehead atoms. The molecule has 2 N–H and O–H groups in total. The van der Waals surface area contributed by atoms with Gasteiger partial charge < -0.3 is 15.4 Å². The van der Waals surface area contributed by atoms with Crippen LogP contribution in [0.1, 0.15) is 5.56 Å². The topological polar surface area (TPSA) is 68.2 Å². The summed E-state index contributed by atoms with van der Waals surface area (Å²) in [5.74, 6) is 0.00395. The SMILES string of the molecule is COCCNCC(=O)NCCc1ccc(-n2cccn2)cc1. The van der Waals surface area contributed by atoms with Crippen LogP contribution in [0, 0.1) is 0 Å². The quantitative estimate of drug-likeness (QED) is 0.671. The highest BCUT2D eigenvalue weighted by Crippen LogP contribution is 2.08. The molecule has 22 heavy (non-hydrogen) atoms. The van der Waals surface area contributed by atoms with E-state index in [-0.39, 0.29) is 5.91 Å². The summed E-state index contributed by atoms with van der Waals surface area (Å²) in [6.07, 6.45) is 4.47. The number of benzene rings is 1. The minimum atomic E-state index is 0.00395. The van der Waals surface area contributed by atoms with E-state index in [0.29, 0.717) is 26.2 Å². The van der Waals surface area contributed by atoms with Crippen molar-refractivity contribution in [1.82, 2.24) is 20.4 Å². The largest absolute Gasteiger partial charge is 0.383 e. The molecule has 0 saturated carbocycles. The Morgan fingerprint density at radius 3 is 2.77 bits per heavy atom. The van der Waals surface area contributed by atoms with Crippen molar-refractivity contribution in [2.45, 2.75) is 6.42 Å². The van der Waals surface area contributed by atoms with Gasteiger partial charge in [-0.2, -0.15) is 5.10 Å². The summed E-state index contributed by atoms with van der Waals surface area (Å²) >= 11 is 0. The summed E-state index contributed by atoms with van der Waals surface area (Å²) in [6, 6.07) is 10.1. The monoisotopic (exact) mass is 302 g/mol. The van der Waals surface area contributed by atoms with Gasteiger partial charge in [-0.3, -0.25) is 4.79 Å². The lowest BCUT2D eigenvalue weighted by molar-refractivity contribution is -0.120. The Hall–Kier alpha value is -2.18. The fraction of sp³-hybridized carbons (Fsp3) is 0.375. The van der Waals surface area contributed by atoms with E-state index in [9.17, 15) is 4.79 Å². The van der Waals surface area contributed by atoms with Crippen LogP contribution in [0.25, 0.3) is 5.69 Å². The number of hydrogen-bond acceptors (Lipinski definition) is 4. The average molecular weight is 302 g/mol. The van der Waals surface area contributed by atoms with Crippen molar-refractivity contribution < 1.29 is 9.53 Å². The van der Waals surface area contributed by atoms with E-state index in [0.717, 1.165) is 12.1 Å². The Labute approximate surface area is 130 Å². The molecule has 1 amide bonds. The van der Waals surface area contributed by atoms with Crippen molar-refractivity contribution in [2.75, 3.05) is 33.4 Å². The van der Waals surface area contributed by atoms with Gasteiger partial charge in [-0.15, -0.1) is 0 Å². The fourth-order valence-electron chi connectivity index (χ4n) is 2.02. The van der Waals surface area contributed by atoms with E-state index in [2.05, 4.69) is 27.9 Å². The number of ether oxygens (including phenoxy) is 1. The second kappa shape index (κ2) is 8.96. The standard InChI is InChI=1S/C16H22N4O2/c1-22-12-10-17-13-16(21)18-9-7-14-3-5-15(6-4-14)20-11-2-8-19-20/h2-6,8,11,17H,7,9-10,12-13H2,1H3,(H,18,21). The molecule has 1 aromatic carbocycles. The molecule has 0 saturated heterocycles. The zero-order valence-corrected chi connectivity index (χ0v) is 12.8. The summed E-state index contributed by atoms with van der Waals surface area (Å²) in [6.45, 7) is 2.24. The second-order valence-corrected chi connectivity index (χ2v) is 4.89. The number of rotatable bonds is 9. The molecule has 6 heteroatoms. The molecule has 1 aromatic heterocycles. The molecule has 0 atom stereocenters. The Kier molecular flexibility index (Phi) is 6.60. The van der Waals surface area contributed by atoms with E-state index >= 15 is 0 Å². The summed E-state index contributed by atoms with van der Waals surface area (Å²) in [7, 11) is 1.64. The van der Waals surface area contributed by atoms with Gasteiger partial charge in [0.25, 0.3) is 0 Å². The molecular formula is C16H22N4O2. The molecule has 0 radical (unpaired) electrons. The number of amides is 1. The highest BCUT2D eigenvalue weighted by molar-refractivity contribution is 5.77. The number of carbonyl (C=O) groups is 1. The number of nitrogens with one attached hydrogen (secondary N) is 2. The van der Waals surface area contributed by atoms with Gasteiger partial charge in [0.15, 0.2) is 0 Å². The maximum atomic E-state index is 11.6. The molecule has 0 aliphatic rings.